The maximum atomic E-state index is 5.64. The number of ether oxygens (including phenoxy) is 1. The Hall–Kier alpha value is -2.12. The van der Waals surface area contributed by atoms with Gasteiger partial charge in [-0.25, -0.2) is 0 Å². The molecule has 1 heteroatoms. The predicted molar refractivity (Wildman–Crippen MR) is 152 cm³/mol. The van der Waals surface area contributed by atoms with Gasteiger partial charge in [0, 0.05) is 0 Å². The Bertz CT molecular complexity index is 850. The zero-order valence-electron chi connectivity index (χ0n) is 22.4. The summed E-state index contributed by atoms with van der Waals surface area (Å²) in [4.78, 5) is 0. The quantitative estimate of drug-likeness (QED) is 0.185. The van der Waals surface area contributed by atoms with Gasteiger partial charge in [0.1, 0.15) is 0 Å². The van der Waals surface area contributed by atoms with Crippen LogP contribution in [0.2, 0.25) is 0 Å². The molecule has 0 atom stereocenters. The van der Waals surface area contributed by atoms with E-state index in [1.54, 1.807) is 0 Å². The SMILES string of the molecule is CC=CCOCc1ccc(CCCCC2CCC(CCc3ccc(CC=CCC)cc3)CC2)cc1. The highest BCUT2D eigenvalue weighted by atomic mass is 16.5. The Kier molecular flexibility index (Phi) is 13.0. The molecule has 1 aliphatic rings. The highest BCUT2D eigenvalue weighted by Crippen LogP contribution is 2.34. The Morgan fingerprint density at radius 2 is 1.29 bits per heavy atom. The van der Waals surface area contributed by atoms with Crippen LogP contribution in [0.3, 0.4) is 0 Å². The van der Waals surface area contributed by atoms with Gasteiger partial charge in [-0.3, -0.25) is 0 Å². The molecule has 0 amide bonds. The van der Waals surface area contributed by atoms with Crippen LogP contribution in [0.15, 0.2) is 72.8 Å². The average Bonchev–Trinajstić information content (AvgIpc) is 2.90. The zero-order chi connectivity index (χ0) is 24.6. The molecule has 0 bridgehead atoms. The third-order valence-corrected chi connectivity index (χ3v) is 7.66. The lowest BCUT2D eigenvalue weighted by molar-refractivity contribution is 0.148. The minimum Gasteiger partial charge on any atom is -0.373 e. The molecule has 2 aromatic rings. The van der Waals surface area contributed by atoms with E-state index < -0.39 is 0 Å². The lowest BCUT2D eigenvalue weighted by Gasteiger charge is -2.28. The first-order valence-corrected chi connectivity index (χ1v) is 14.3. The first-order chi connectivity index (χ1) is 17.3. The van der Waals surface area contributed by atoms with Gasteiger partial charge < -0.3 is 4.74 Å². The Morgan fingerprint density at radius 1 is 0.686 bits per heavy atom. The summed E-state index contributed by atoms with van der Waals surface area (Å²) in [7, 11) is 0. The molecule has 1 aliphatic carbocycles. The van der Waals surface area contributed by atoms with E-state index >= 15 is 0 Å². The van der Waals surface area contributed by atoms with Gasteiger partial charge in [-0.2, -0.15) is 0 Å². The van der Waals surface area contributed by atoms with Crippen LogP contribution in [-0.2, 0) is 30.6 Å². The molecule has 0 N–H and O–H groups in total. The van der Waals surface area contributed by atoms with Crippen molar-refractivity contribution in [2.24, 2.45) is 11.8 Å². The molecule has 1 fully saturated rings. The fourth-order valence-corrected chi connectivity index (χ4v) is 5.31. The molecule has 190 valence electrons. The molecular formula is C34H48O. The van der Waals surface area contributed by atoms with Gasteiger partial charge in [0.2, 0.25) is 0 Å². The minimum atomic E-state index is 0.700. The monoisotopic (exact) mass is 472 g/mol. The largest absolute Gasteiger partial charge is 0.373 e. The number of rotatable bonds is 15. The molecule has 3 rings (SSSR count). The molecule has 1 nitrogen and oxygen atoms in total. The van der Waals surface area contributed by atoms with E-state index in [2.05, 4.69) is 67.6 Å². The Balaban J connectivity index is 1.24. The third-order valence-electron chi connectivity index (χ3n) is 7.66. The summed E-state index contributed by atoms with van der Waals surface area (Å²) in [6.45, 7) is 5.62. The van der Waals surface area contributed by atoms with E-state index in [-0.39, 0.29) is 0 Å². The molecule has 0 aromatic heterocycles. The van der Waals surface area contributed by atoms with Crippen LogP contribution in [0.4, 0.5) is 0 Å². The van der Waals surface area contributed by atoms with E-state index in [1.165, 1.54) is 86.5 Å². The maximum Gasteiger partial charge on any atom is 0.0721 e. The Morgan fingerprint density at radius 3 is 1.94 bits per heavy atom. The number of allylic oxidation sites excluding steroid dienone is 3. The molecule has 35 heavy (non-hydrogen) atoms. The third kappa shape index (κ3) is 11.0. The summed E-state index contributed by atoms with van der Waals surface area (Å²) in [5.74, 6) is 1.91. The maximum absolute atomic E-state index is 5.64. The van der Waals surface area contributed by atoms with Crippen molar-refractivity contribution in [2.75, 3.05) is 6.61 Å². The molecule has 1 saturated carbocycles. The zero-order valence-corrected chi connectivity index (χ0v) is 22.4. The van der Waals surface area contributed by atoms with Crippen molar-refractivity contribution in [3.63, 3.8) is 0 Å². The van der Waals surface area contributed by atoms with Crippen molar-refractivity contribution in [2.45, 2.75) is 97.5 Å². The average molecular weight is 473 g/mol. The smallest absolute Gasteiger partial charge is 0.0721 e. The van der Waals surface area contributed by atoms with Crippen molar-refractivity contribution in [3.8, 4) is 0 Å². The lowest BCUT2D eigenvalue weighted by atomic mass is 9.77. The summed E-state index contributed by atoms with van der Waals surface area (Å²) < 4.78 is 5.64. The van der Waals surface area contributed by atoms with Crippen LogP contribution in [0.25, 0.3) is 0 Å². The van der Waals surface area contributed by atoms with Crippen molar-refractivity contribution in [3.05, 3.63) is 95.1 Å². The van der Waals surface area contributed by atoms with Crippen LogP contribution in [0.1, 0.15) is 93.9 Å². The molecule has 0 radical (unpaired) electrons. The topological polar surface area (TPSA) is 9.23 Å². The standard InChI is InChI=1S/C34H48O/c1-3-5-7-10-29-13-17-32(18-14-29)21-22-33-19-15-30(16-20-33)11-8-9-12-31-23-25-34(26-24-31)28-35-27-6-4-2/h4-7,13-14,17-18,23-26,30,33H,3,8-12,15-16,19-22,27-28H2,1-2H3. The number of benzene rings is 2. The number of hydrogen-bond donors (Lipinski definition) is 0. The van der Waals surface area contributed by atoms with Crippen LogP contribution >= 0.6 is 0 Å². The van der Waals surface area contributed by atoms with Crippen LogP contribution < -0.4 is 0 Å². The summed E-state index contributed by atoms with van der Waals surface area (Å²) in [6, 6.07) is 18.4. The highest BCUT2D eigenvalue weighted by Gasteiger charge is 2.20. The fourth-order valence-electron chi connectivity index (χ4n) is 5.31. The lowest BCUT2D eigenvalue weighted by Crippen LogP contribution is -2.15. The molecule has 0 unspecified atom stereocenters. The number of aryl methyl sites for hydroxylation is 2. The van der Waals surface area contributed by atoms with Crippen LogP contribution in [-0.4, -0.2) is 6.61 Å². The van der Waals surface area contributed by atoms with E-state index in [1.807, 2.05) is 19.1 Å². The molecule has 0 spiro atoms. The van der Waals surface area contributed by atoms with Crippen LogP contribution in [0, 0.1) is 11.8 Å². The van der Waals surface area contributed by atoms with Crippen molar-refractivity contribution in [1.29, 1.82) is 0 Å². The van der Waals surface area contributed by atoms with Gasteiger partial charge in [0.15, 0.2) is 0 Å². The van der Waals surface area contributed by atoms with Crippen LogP contribution in [0.5, 0.6) is 0 Å². The second kappa shape index (κ2) is 16.5. The molecular weight excluding hydrogens is 424 g/mol. The van der Waals surface area contributed by atoms with E-state index in [0.29, 0.717) is 13.2 Å². The number of hydrogen-bond acceptors (Lipinski definition) is 1. The van der Waals surface area contributed by atoms with Crippen molar-refractivity contribution >= 4 is 0 Å². The normalized spacial score (nSPS) is 18.6. The second-order valence-electron chi connectivity index (χ2n) is 10.5. The molecule has 0 heterocycles. The van der Waals surface area contributed by atoms with Gasteiger partial charge >= 0.3 is 0 Å². The Labute approximate surface area is 215 Å². The second-order valence-corrected chi connectivity index (χ2v) is 10.5. The van der Waals surface area contributed by atoms with E-state index in [9.17, 15) is 0 Å². The van der Waals surface area contributed by atoms with E-state index in [4.69, 9.17) is 4.74 Å². The van der Waals surface area contributed by atoms with Gasteiger partial charge in [-0.05, 0) is 79.5 Å². The first kappa shape index (κ1) is 27.5. The van der Waals surface area contributed by atoms with Gasteiger partial charge in [0.25, 0.3) is 0 Å². The minimum absolute atomic E-state index is 0.700. The van der Waals surface area contributed by atoms with Gasteiger partial charge in [0.05, 0.1) is 13.2 Å². The fraction of sp³-hybridized carbons (Fsp3) is 0.529. The first-order valence-electron chi connectivity index (χ1n) is 14.3. The van der Waals surface area contributed by atoms with Crippen molar-refractivity contribution < 1.29 is 4.74 Å². The molecule has 2 aromatic carbocycles. The van der Waals surface area contributed by atoms with E-state index in [0.717, 1.165) is 24.7 Å². The molecule has 0 saturated heterocycles. The van der Waals surface area contributed by atoms with Crippen molar-refractivity contribution in [1.82, 2.24) is 0 Å². The van der Waals surface area contributed by atoms with Gasteiger partial charge in [-0.1, -0.05) is 118 Å². The molecule has 0 aliphatic heterocycles. The predicted octanol–water partition coefficient (Wildman–Crippen LogP) is 9.44. The summed E-state index contributed by atoms with van der Waals surface area (Å²) in [5, 5.41) is 0. The summed E-state index contributed by atoms with van der Waals surface area (Å²) >= 11 is 0. The summed E-state index contributed by atoms with van der Waals surface area (Å²) in [6.07, 6.45) is 24.6. The summed E-state index contributed by atoms with van der Waals surface area (Å²) in [5.41, 5.74) is 5.69. The highest BCUT2D eigenvalue weighted by molar-refractivity contribution is 5.24. The number of unbranched alkanes of at least 4 members (excludes halogenated alkanes) is 1. The van der Waals surface area contributed by atoms with Gasteiger partial charge in [-0.15, -0.1) is 0 Å².